The van der Waals surface area contributed by atoms with Crippen molar-refractivity contribution in [3.05, 3.63) is 88.2 Å². The van der Waals surface area contributed by atoms with Crippen molar-refractivity contribution in [1.82, 2.24) is 25.7 Å². The van der Waals surface area contributed by atoms with E-state index in [4.69, 9.17) is 17.3 Å². The first kappa shape index (κ1) is 48.6. The van der Waals surface area contributed by atoms with Crippen LogP contribution in [-0.2, 0) is 52.8 Å². The zero-order chi connectivity index (χ0) is 45.4. The lowest BCUT2D eigenvalue weighted by Gasteiger charge is -2.32. The smallest absolute Gasteiger partial charge is 0.433 e. The van der Waals surface area contributed by atoms with Gasteiger partial charge in [-0.2, -0.15) is 31.1 Å². The van der Waals surface area contributed by atoms with Gasteiger partial charge in [-0.05, 0) is 72.0 Å². The van der Waals surface area contributed by atoms with Crippen LogP contribution in [0.1, 0.15) is 60.8 Å². The van der Waals surface area contributed by atoms with Gasteiger partial charge in [-0.15, -0.1) is 0 Å². The van der Waals surface area contributed by atoms with Gasteiger partial charge < -0.3 is 32.1 Å². The van der Waals surface area contributed by atoms with Crippen LogP contribution in [0.5, 0.6) is 0 Å². The van der Waals surface area contributed by atoms with Crippen LogP contribution in [0, 0.1) is 5.41 Å². The van der Waals surface area contributed by atoms with E-state index in [1.165, 1.54) is 24.3 Å². The van der Waals surface area contributed by atoms with Crippen molar-refractivity contribution < 1.29 is 68.6 Å². The Morgan fingerprint density at radius 1 is 0.833 bits per heavy atom. The van der Waals surface area contributed by atoms with Crippen molar-refractivity contribution >= 4 is 62.8 Å². The second-order valence-electron chi connectivity index (χ2n) is 14.1. The Morgan fingerprint density at radius 2 is 1.47 bits per heavy atom. The van der Waals surface area contributed by atoms with Crippen molar-refractivity contribution in [1.29, 1.82) is 0 Å². The molecule has 0 spiro atoms. The number of anilines is 1. The van der Waals surface area contributed by atoms with E-state index in [9.17, 15) is 68.6 Å². The summed E-state index contributed by atoms with van der Waals surface area (Å²) in [4.78, 5) is 78.3. The van der Waals surface area contributed by atoms with Crippen molar-refractivity contribution in [2.45, 2.75) is 75.4 Å². The zero-order valence-electron chi connectivity index (χ0n) is 31.6. The zero-order valence-corrected chi connectivity index (χ0v) is 33.2. The number of primary amides is 1. The molecular formula is C36H38ClF6N7O9S. The topological polar surface area (TPSA) is 256 Å². The Hall–Kier alpha value is -5.81. The molecule has 0 aliphatic heterocycles. The van der Waals surface area contributed by atoms with Gasteiger partial charge in [0.1, 0.15) is 23.8 Å². The van der Waals surface area contributed by atoms with Gasteiger partial charge in [-0.1, -0.05) is 32.4 Å². The highest BCUT2D eigenvalue weighted by molar-refractivity contribution is 7.89. The molecular weight excluding hydrogens is 856 g/mol. The predicted octanol–water partition coefficient (Wildman–Crippen LogP) is 3.40. The van der Waals surface area contributed by atoms with Crippen LogP contribution in [0.3, 0.4) is 0 Å². The number of carboxylic acid groups (broad SMARTS) is 1. The molecule has 0 aliphatic rings. The predicted molar refractivity (Wildman–Crippen MR) is 200 cm³/mol. The van der Waals surface area contributed by atoms with E-state index in [-0.39, 0.29) is 22.9 Å². The number of aliphatic carboxylic acids is 1. The van der Waals surface area contributed by atoms with Crippen molar-refractivity contribution in [2.24, 2.45) is 11.1 Å². The highest BCUT2D eigenvalue weighted by atomic mass is 35.5. The van der Waals surface area contributed by atoms with Gasteiger partial charge in [-0.25, -0.2) is 8.42 Å². The van der Waals surface area contributed by atoms with E-state index in [0.717, 1.165) is 12.3 Å². The van der Waals surface area contributed by atoms with E-state index in [1.807, 2.05) is 0 Å². The van der Waals surface area contributed by atoms with Crippen molar-refractivity contribution in [2.75, 3.05) is 11.9 Å². The SMILES string of the molecule is CC(C)(C)[C@H](NC(=O)[C@H](Cc1ccnc(C(F)(F)F)c1)NC(=O)CNC(=O)CC[C@H](NS(=O)(=O)c1ccc(Cl)c(C(F)(F)F)c1)C(=O)O)C(=O)Nc1ccc(C(N)=O)cc1. The second kappa shape index (κ2) is 19.5. The minimum atomic E-state index is -5.05. The molecule has 326 valence electrons. The highest BCUT2D eigenvalue weighted by Crippen LogP contribution is 2.36. The summed E-state index contributed by atoms with van der Waals surface area (Å²) in [5.41, 5.74) is 1.63. The van der Waals surface area contributed by atoms with Crippen molar-refractivity contribution in [3.8, 4) is 0 Å². The summed E-state index contributed by atoms with van der Waals surface area (Å²) in [6.45, 7) is 3.84. The summed E-state index contributed by atoms with van der Waals surface area (Å²) in [7, 11) is -4.91. The Labute approximate surface area is 343 Å². The molecule has 8 N–H and O–H groups in total. The fourth-order valence-electron chi connectivity index (χ4n) is 5.22. The number of pyridine rings is 1. The molecule has 5 amide bonds. The molecule has 0 saturated heterocycles. The Morgan fingerprint density at radius 3 is 2.02 bits per heavy atom. The second-order valence-corrected chi connectivity index (χ2v) is 16.2. The van der Waals surface area contributed by atoms with Crippen LogP contribution in [0.25, 0.3) is 0 Å². The molecule has 3 rings (SSSR count). The van der Waals surface area contributed by atoms with Crippen LogP contribution in [-0.4, -0.2) is 78.7 Å². The van der Waals surface area contributed by atoms with Crippen LogP contribution in [0.15, 0.2) is 65.7 Å². The number of halogens is 7. The van der Waals surface area contributed by atoms with Crippen LogP contribution < -0.4 is 31.7 Å². The number of nitrogens with zero attached hydrogens (tertiary/aromatic N) is 1. The molecule has 0 unspecified atom stereocenters. The molecule has 0 fully saturated rings. The summed E-state index contributed by atoms with van der Waals surface area (Å²) in [6, 6.07) is 3.67. The summed E-state index contributed by atoms with van der Waals surface area (Å²) in [6.07, 6.45) is -11.2. The normalized spacial score (nSPS) is 13.6. The Bertz CT molecular complexity index is 2220. The third kappa shape index (κ3) is 14.2. The largest absolute Gasteiger partial charge is 0.480 e. The third-order valence-electron chi connectivity index (χ3n) is 8.31. The number of hydrogen-bond acceptors (Lipinski definition) is 9. The monoisotopic (exact) mass is 893 g/mol. The molecule has 0 radical (unpaired) electrons. The van der Waals surface area contributed by atoms with Crippen LogP contribution in [0.4, 0.5) is 32.0 Å². The maximum absolute atomic E-state index is 13.7. The van der Waals surface area contributed by atoms with E-state index in [0.29, 0.717) is 18.2 Å². The minimum Gasteiger partial charge on any atom is -0.480 e. The lowest BCUT2D eigenvalue weighted by molar-refractivity contribution is -0.141. The summed E-state index contributed by atoms with van der Waals surface area (Å²) in [5, 5.41) is 18.2. The molecule has 16 nitrogen and oxygen atoms in total. The number of carboxylic acids is 1. The maximum atomic E-state index is 13.7. The number of amides is 5. The molecule has 0 aliphatic carbocycles. The number of carbonyl (C=O) groups excluding carboxylic acids is 5. The molecule has 3 atom stereocenters. The highest BCUT2D eigenvalue weighted by Gasteiger charge is 2.37. The Kier molecular flexibility index (Phi) is 15.8. The first-order valence-electron chi connectivity index (χ1n) is 17.3. The number of benzene rings is 2. The average Bonchev–Trinajstić information content (AvgIpc) is 3.13. The molecule has 2 aromatic carbocycles. The van der Waals surface area contributed by atoms with Gasteiger partial charge in [0.25, 0.3) is 0 Å². The molecule has 1 heterocycles. The molecule has 1 aromatic heterocycles. The third-order valence-corrected chi connectivity index (χ3v) is 10.1. The Balaban J connectivity index is 1.74. The van der Waals surface area contributed by atoms with E-state index >= 15 is 0 Å². The number of nitrogens with two attached hydrogens (primary N) is 1. The first-order valence-corrected chi connectivity index (χ1v) is 19.2. The van der Waals surface area contributed by atoms with Gasteiger partial charge in [0.2, 0.25) is 39.6 Å². The van der Waals surface area contributed by atoms with Crippen LogP contribution >= 0.6 is 11.6 Å². The molecule has 0 saturated carbocycles. The van der Waals surface area contributed by atoms with E-state index < -0.39 is 128 Å². The standard InChI is InChI=1S/C36H38ClF6N7O9S/c1-34(2,3)29(32(55)47-20-6-4-19(5-7-20)30(44)53)49-31(54)25(14-18-12-13-45-26(15-18)36(41,42)43)48-28(52)17-46-27(51)11-10-24(33(56)57)50-60(58,59)21-8-9-23(37)22(16-21)35(38,39)40/h4-9,12-13,15-16,24-25,29,50H,10-11,14,17H2,1-3H3,(H2,44,53)(H,46,51)(H,47,55)(H,48,52)(H,49,54)(H,56,57)/t24-,25-,29+/m0/s1. The number of rotatable bonds is 17. The molecule has 3 aromatic rings. The lowest BCUT2D eigenvalue weighted by Crippen LogP contribution is -2.57. The molecule has 60 heavy (non-hydrogen) atoms. The summed E-state index contributed by atoms with van der Waals surface area (Å²) >= 11 is 5.52. The van der Waals surface area contributed by atoms with Crippen molar-refractivity contribution in [3.63, 3.8) is 0 Å². The average molecular weight is 894 g/mol. The number of sulfonamides is 1. The fourth-order valence-corrected chi connectivity index (χ4v) is 6.69. The lowest BCUT2D eigenvalue weighted by atomic mass is 9.85. The van der Waals surface area contributed by atoms with Gasteiger partial charge >= 0.3 is 18.3 Å². The number of aromatic nitrogens is 1. The minimum absolute atomic E-state index is 0.122. The number of hydrogen-bond donors (Lipinski definition) is 7. The first-order chi connectivity index (χ1) is 27.6. The summed E-state index contributed by atoms with van der Waals surface area (Å²) < 4.78 is 107. The number of nitrogens with one attached hydrogen (secondary N) is 5. The quantitative estimate of drug-likeness (QED) is 0.0973. The summed E-state index contributed by atoms with van der Waals surface area (Å²) in [5.74, 6) is -6.45. The van der Waals surface area contributed by atoms with Gasteiger partial charge in [0.15, 0.2) is 0 Å². The van der Waals surface area contributed by atoms with Crippen LogP contribution in [0.2, 0.25) is 5.02 Å². The maximum Gasteiger partial charge on any atom is 0.433 e. The van der Waals surface area contributed by atoms with Gasteiger partial charge in [0.05, 0.1) is 22.0 Å². The fraction of sp³-hybridized carbons (Fsp3) is 0.361. The van der Waals surface area contributed by atoms with Gasteiger partial charge in [-0.3, -0.25) is 33.8 Å². The van der Waals surface area contributed by atoms with Gasteiger partial charge in [0, 0.05) is 30.3 Å². The van der Waals surface area contributed by atoms with E-state index in [2.05, 4.69) is 26.3 Å². The van der Waals surface area contributed by atoms with E-state index in [1.54, 1.807) is 25.5 Å². The number of carbonyl (C=O) groups is 6. The molecule has 0 bridgehead atoms. The molecule has 24 heteroatoms. The number of alkyl halides is 6.